The first-order chi connectivity index (χ1) is 9.34. The Hall–Kier alpha value is -1.11. The van der Waals surface area contributed by atoms with Gasteiger partial charge < -0.3 is 19.9 Å². The highest BCUT2D eigenvalue weighted by Gasteiger charge is 2.29. The first kappa shape index (κ1) is 12.9. The van der Waals surface area contributed by atoms with Crippen LogP contribution in [-0.2, 0) is 9.53 Å². The van der Waals surface area contributed by atoms with Gasteiger partial charge in [-0.25, -0.2) is 0 Å². The predicted octanol–water partition coefficient (Wildman–Crippen LogP) is 0.385. The molecule has 1 aromatic rings. The number of rotatable bonds is 2. The molecule has 2 saturated heterocycles. The average Bonchev–Trinajstić information content (AvgIpc) is 3.02. The lowest BCUT2D eigenvalue weighted by Gasteiger charge is -2.37. The van der Waals surface area contributed by atoms with Gasteiger partial charge in [-0.15, -0.1) is 11.3 Å². The molecule has 104 valence electrons. The maximum absolute atomic E-state index is 12.3. The summed E-state index contributed by atoms with van der Waals surface area (Å²) in [7, 11) is 0. The molecular weight excluding hydrogens is 262 g/mol. The van der Waals surface area contributed by atoms with Crippen molar-refractivity contribution in [2.24, 2.45) is 0 Å². The lowest BCUT2D eigenvalue weighted by Crippen LogP contribution is -2.55. The van der Waals surface area contributed by atoms with E-state index in [-0.39, 0.29) is 12.0 Å². The number of nitrogens with zero attached hydrogens (tertiary/aromatic N) is 2. The molecule has 1 amide bonds. The monoisotopic (exact) mass is 281 g/mol. The molecule has 1 atom stereocenters. The molecule has 0 aliphatic carbocycles. The second kappa shape index (κ2) is 5.90. The SMILES string of the molecule is O=C(C1CNCCO1)N1CCN(c2cccs2)CC1. The van der Waals surface area contributed by atoms with Gasteiger partial charge in [0.25, 0.3) is 5.91 Å². The third kappa shape index (κ3) is 2.91. The molecule has 0 radical (unpaired) electrons. The summed E-state index contributed by atoms with van der Waals surface area (Å²) in [6, 6.07) is 4.20. The number of hydrogen-bond donors (Lipinski definition) is 1. The molecule has 2 aliphatic heterocycles. The van der Waals surface area contributed by atoms with Gasteiger partial charge in [0.05, 0.1) is 11.6 Å². The van der Waals surface area contributed by atoms with Crippen molar-refractivity contribution in [2.45, 2.75) is 6.10 Å². The van der Waals surface area contributed by atoms with Crippen LogP contribution >= 0.6 is 11.3 Å². The van der Waals surface area contributed by atoms with Crippen LogP contribution in [0.3, 0.4) is 0 Å². The zero-order valence-electron chi connectivity index (χ0n) is 10.9. The maximum Gasteiger partial charge on any atom is 0.253 e. The minimum Gasteiger partial charge on any atom is -0.366 e. The van der Waals surface area contributed by atoms with Gasteiger partial charge in [-0.1, -0.05) is 0 Å². The number of nitrogens with one attached hydrogen (secondary N) is 1. The van der Waals surface area contributed by atoms with E-state index in [2.05, 4.69) is 27.7 Å². The standard InChI is InChI=1S/C13H19N3O2S/c17-13(11-10-14-3-8-18-11)16-6-4-15(5-7-16)12-2-1-9-19-12/h1-2,9,11,14H,3-8,10H2. The normalized spacial score (nSPS) is 24.5. The highest BCUT2D eigenvalue weighted by Crippen LogP contribution is 2.22. The van der Waals surface area contributed by atoms with Crippen molar-refractivity contribution in [1.82, 2.24) is 10.2 Å². The van der Waals surface area contributed by atoms with Crippen LogP contribution in [0.5, 0.6) is 0 Å². The molecule has 19 heavy (non-hydrogen) atoms. The van der Waals surface area contributed by atoms with Crippen LogP contribution in [-0.4, -0.2) is 62.8 Å². The van der Waals surface area contributed by atoms with Crippen LogP contribution < -0.4 is 10.2 Å². The lowest BCUT2D eigenvalue weighted by molar-refractivity contribution is -0.145. The Labute approximate surface area is 117 Å². The number of ether oxygens (including phenoxy) is 1. The molecular formula is C13H19N3O2S. The Morgan fingerprint density at radius 3 is 2.84 bits per heavy atom. The number of carbonyl (C=O) groups excluding carboxylic acids is 1. The van der Waals surface area contributed by atoms with Crippen molar-refractivity contribution >= 4 is 22.2 Å². The number of thiophene rings is 1. The van der Waals surface area contributed by atoms with E-state index in [4.69, 9.17) is 4.74 Å². The lowest BCUT2D eigenvalue weighted by atomic mass is 10.2. The minimum absolute atomic E-state index is 0.137. The maximum atomic E-state index is 12.3. The van der Waals surface area contributed by atoms with Gasteiger partial charge in [0, 0.05) is 39.3 Å². The molecule has 0 saturated carbocycles. The first-order valence-electron chi connectivity index (χ1n) is 6.74. The van der Waals surface area contributed by atoms with E-state index < -0.39 is 0 Å². The molecule has 6 heteroatoms. The number of piperazine rings is 1. The van der Waals surface area contributed by atoms with Gasteiger partial charge in [0.1, 0.15) is 6.10 Å². The third-order valence-corrected chi connectivity index (χ3v) is 4.54. The fourth-order valence-electron chi connectivity index (χ4n) is 2.52. The predicted molar refractivity (Wildman–Crippen MR) is 75.7 cm³/mol. The highest BCUT2D eigenvalue weighted by molar-refractivity contribution is 7.14. The number of carbonyl (C=O) groups is 1. The minimum atomic E-state index is -0.290. The highest BCUT2D eigenvalue weighted by atomic mass is 32.1. The summed E-state index contributed by atoms with van der Waals surface area (Å²) >= 11 is 1.75. The van der Waals surface area contributed by atoms with Crippen molar-refractivity contribution in [3.63, 3.8) is 0 Å². The van der Waals surface area contributed by atoms with Crippen molar-refractivity contribution < 1.29 is 9.53 Å². The van der Waals surface area contributed by atoms with E-state index in [1.165, 1.54) is 5.00 Å². The molecule has 1 unspecified atom stereocenters. The van der Waals surface area contributed by atoms with Crippen LogP contribution in [0.1, 0.15) is 0 Å². The van der Waals surface area contributed by atoms with E-state index in [0.717, 1.165) is 32.7 Å². The summed E-state index contributed by atoms with van der Waals surface area (Å²) in [5, 5.41) is 6.59. The Bertz CT molecular complexity index is 410. The van der Waals surface area contributed by atoms with Crippen molar-refractivity contribution in [1.29, 1.82) is 0 Å². The molecule has 0 bridgehead atoms. The van der Waals surface area contributed by atoms with Gasteiger partial charge in [-0.2, -0.15) is 0 Å². The Balaban J connectivity index is 1.53. The van der Waals surface area contributed by atoms with Gasteiger partial charge in [0.2, 0.25) is 0 Å². The van der Waals surface area contributed by atoms with Gasteiger partial charge in [-0.05, 0) is 17.5 Å². The molecule has 3 rings (SSSR count). The average molecular weight is 281 g/mol. The van der Waals surface area contributed by atoms with Gasteiger partial charge in [0.15, 0.2) is 0 Å². The van der Waals surface area contributed by atoms with E-state index in [1.54, 1.807) is 11.3 Å². The second-order valence-corrected chi connectivity index (χ2v) is 5.75. The van der Waals surface area contributed by atoms with Crippen LogP contribution in [0, 0.1) is 0 Å². The molecule has 3 heterocycles. The zero-order chi connectivity index (χ0) is 13.1. The van der Waals surface area contributed by atoms with Crippen molar-refractivity contribution in [2.75, 3.05) is 50.8 Å². The number of anilines is 1. The third-order valence-electron chi connectivity index (χ3n) is 3.61. The summed E-state index contributed by atoms with van der Waals surface area (Å²) in [5.74, 6) is 0.137. The quantitative estimate of drug-likeness (QED) is 0.851. The largest absolute Gasteiger partial charge is 0.366 e. The van der Waals surface area contributed by atoms with Crippen molar-refractivity contribution in [3.05, 3.63) is 17.5 Å². The summed E-state index contributed by atoms with van der Waals surface area (Å²) in [6.45, 7) is 5.51. The van der Waals surface area contributed by atoms with Crippen LogP contribution in [0.2, 0.25) is 0 Å². The number of hydrogen-bond acceptors (Lipinski definition) is 5. The smallest absolute Gasteiger partial charge is 0.253 e. The molecule has 1 N–H and O–H groups in total. The fraction of sp³-hybridized carbons (Fsp3) is 0.615. The topological polar surface area (TPSA) is 44.8 Å². The molecule has 0 spiro atoms. The van der Waals surface area contributed by atoms with Crippen molar-refractivity contribution in [3.8, 4) is 0 Å². The molecule has 2 fully saturated rings. The van der Waals surface area contributed by atoms with Crippen LogP contribution in [0.4, 0.5) is 5.00 Å². The number of morpholine rings is 1. The molecule has 5 nitrogen and oxygen atoms in total. The Morgan fingerprint density at radius 2 is 2.21 bits per heavy atom. The summed E-state index contributed by atoms with van der Waals surface area (Å²) in [5.41, 5.74) is 0. The fourth-order valence-corrected chi connectivity index (χ4v) is 3.31. The van der Waals surface area contributed by atoms with Gasteiger partial charge in [-0.3, -0.25) is 4.79 Å². The van der Waals surface area contributed by atoms with E-state index in [1.807, 2.05) is 4.90 Å². The number of amides is 1. The molecule has 0 aromatic carbocycles. The van der Waals surface area contributed by atoms with Crippen LogP contribution in [0.25, 0.3) is 0 Å². The summed E-state index contributed by atoms with van der Waals surface area (Å²) in [4.78, 5) is 16.6. The van der Waals surface area contributed by atoms with Gasteiger partial charge >= 0.3 is 0 Å². The first-order valence-corrected chi connectivity index (χ1v) is 7.62. The Kier molecular flexibility index (Phi) is 4.00. The molecule has 1 aromatic heterocycles. The Morgan fingerprint density at radius 1 is 1.37 bits per heavy atom. The zero-order valence-corrected chi connectivity index (χ0v) is 11.7. The van der Waals surface area contributed by atoms with E-state index in [9.17, 15) is 4.79 Å². The second-order valence-electron chi connectivity index (χ2n) is 4.83. The summed E-state index contributed by atoms with van der Waals surface area (Å²) < 4.78 is 5.53. The van der Waals surface area contributed by atoms with E-state index >= 15 is 0 Å². The van der Waals surface area contributed by atoms with E-state index in [0.29, 0.717) is 13.2 Å². The molecule has 2 aliphatic rings. The summed E-state index contributed by atoms with van der Waals surface area (Å²) in [6.07, 6.45) is -0.290. The van der Waals surface area contributed by atoms with Crippen LogP contribution in [0.15, 0.2) is 17.5 Å².